The van der Waals surface area contributed by atoms with Gasteiger partial charge in [0, 0.05) is 6.61 Å². The molecule has 6 heteroatoms. The van der Waals surface area contributed by atoms with Gasteiger partial charge in [0.25, 0.3) is 5.89 Å². The largest absolute Gasteiger partial charge is 0.485 e. The van der Waals surface area contributed by atoms with E-state index in [1.165, 1.54) is 0 Å². The van der Waals surface area contributed by atoms with E-state index in [9.17, 15) is 0 Å². The van der Waals surface area contributed by atoms with Crippen molar-refractivity contribution in [2.75, 3.05) is 13.2 Å². The Morgan fingerprint density at radius 2 is 1.92 bits per heavy atom. The quantitative estimate of drug-likeness (QED) is 0.839. The lowest BCUT2D eigenvalue weighted by atomic mass is 9.81. The van der Waals surface area contributed by atoms with E-state index in [-0.39, 0.29) is 23.5 Å². The second-order valence-electron chi connectivity index (χ2n) is 7.41. The molecule has 6 nitrogen and oxygen atoms in total. The lowest BCUT2D eigenvalue weighted by Crippen LogP contribution is -2.30. The fourth-order valence-electron chi connectivity index (χ4n) is 3.38. The second kappa shape index (κ2) is 5.77. The first-order valence-electron chi connectivity index (χ1n) is 8.36. The third-order valence-electron chi connectivity index (χ3n) is 4.52. The highest BCUT2D eigenvalue weighted by Gasteiger charge is 2.41. The summed E-state index contributed by atoms with van der Waals surface area (Å²) in [5.74, 6) is 2.75. The number of aromatic nitrogens is 2. The number of hydrogen-bond donors (Lipinski definition) is 0. The van der Waals surface area contributed by atoms with Crippen LogP contribution in [0.4, 0.5) is 0 Å². The first-order chi connectivity index (χ1) is 11.5. The summed E-state index contributed by atoms with van der Waals surface area (Å²) in [6, 6.07) is 7.58. The molecule has 0 amide bonds. The van der Waals surface area contributed by atoms with E-state index in [0.717, 1.165) is 18.8 Å². The van der Waals surface area contributed by atoms with Gasteiger partial charge < -0.3 is 18.7 Å². The van der Waals surface area contributed by atoms with Crippen LogP contribution in [0.1, 0.15) is 50.9 Å². The van der Waals surface area contributed by atoms with E-state index >= 15 is 0 Å². The standard InChI is InChI=1S/C18H22N2O4/c1-18(2,3)15-11(8-9-21-15)16-19-17(24-20-16)14-10-22-12-6-4-5-7-13(12)23-14/h4-7,11,14-15H,8-10H2,1-3H3/t11-,14?,15-/m1/s1. The van der Waals surface area contributed by atoms with Gasteiger partial charge in [-0.3, -0.25) is 0 Å². The minimum absolute atomic E-state index is 0.0331. The molecule has 0 bridgehead atoms. The Labute approximate surface area is 141 Å². The van der Waals surface area contributed by atoms with E-state index in [1.54, 1.807) is 0 Å². The Hall–Kier alpha value is -2.08. The molecule has 1 fully saturated rings. The number of ether oxygens (including phenoxy) is 3. The van der Waals surface area contributed by atoms with Gasteiger partial charge in [0.1, 0.15) is 6.61 Å². The molecular weight excluding hydrogens is 308 g/mol. The monoisotopic (exact) mass is 330 g/mol. The van der Waals surface area contributed by atoms with E-state index in [2.05, 4.69) is 30.9 Å². The van der Waals surface area contributed by atoms with Crippen LogP contribution in [-0.4, -0.2) is 29.5 Å². The van der Waals surface area contributed by atoms with Gasteiger partial charge in [0.2, 0.25) is 6.10 Å². The number of para-hydroxylation sites is 2. The van der Waals surface area contributed by atoms with Crippen molar-refractivity contribution in [1.29, 1.82) is 0 Å². The van der Waals surface area contributed by atoms with E-state index in [1.807, 2.05) is 24.3 Å². The highest BCUT2D eigenvalue weighted by molar-refractivity contribution is 5.40. The van der Waals surface area contributed by atoms with E-state index < -0.39 is 0 Å². The average Bonchev–Trinajstić information content (AvgIpc) is 3.22. The third-order valence-corrected chi connectivity index (χ3v) is 4.52. The first kappa shape index (κ1) is 15.4. The van der Waals surface area contributed by atoms with E-state index in [4.69, 9.17) is 18.7 Å². The molecule has 3 heterocycles. The van der Waals surface area contributed by atoms with Crippen molar-refractivity contribution in [1.82, 2.24) is 10.1 Å². The van der Waals surface area contributed by atoms with Crippen molar-refractivity contribution >= 4 is 0 Å². The lowest BCUT2D eigenvalue weighted by Gasteiger charge is -2.29. The molecule has 1 aromatic carbocycles. The summed E-state index contributed by atoms with van der Waals surface area (Å²) in [6.45, 7) is 7.61. The van der Waals surface area contributed by atoms with Crippen LogP contribution in [0.15, 0.2) is 28.8 Å². The lowest BCUT2D eigenvalue weighted by molar-refractivity contribution is 0.0193. The van der Waals surface area contributed by atoms with Crippen molar-refractivity contribution < 1.29 is 18.7 Å². The molecule has 0 aliphatic carbocycles. The van der Waals surface area contributed by atoms with Gasteiger partial charge in [-0.2, -0.15) is 4.98 Å². The molecule has 1 unspecified atom stereocenters. The smallest absolute Gasteiger partial charge is 0.271 e. The fraction of sp³-hybridized carbons (Fsp3) is 0.556. The van der Waals surface area contributed by atoms with Crippen molar-refractivity contribution in [2.24, 2.45) is 5.41 Å². The zero-order chi connectivity index (χ0) is 16.7. The zero-order valence-electron chi connectivity index (χ0n) is 14.2. The van der Waals surface area contributed by atoms with E-state index in [0.29, 0.717) is 24.1 Å². The van der Waals surface area contributed by atoms with Crippen molar-refractivity contribution in [3.05, 3.63) is 36.0 Å². The molecule has 0 spiro atoms. The third kappa shape index (κ3) is 2.75. The molecule has 128 valence electrons. The highest BCUT2D eigenvalue weighted by Crippen LogP contribution is 2.40. The zero-order valence-corrected chi connectivity index (χ0v) is 14.2. The first-order valence-corrected chi connectivity index (χ1v) is 8.36. The summed E-state index contributed by atoms with van der Waals surface area (Å²) < 4.78 is 23.0. The maximum Gasteiger partial charge on any atom is 0.271 e. The van der Waals surface area contributed by atoms with Crippen molar-refractivity contribution in [3.8, 4) is 11.5 Å². The van der Waals surface area contributed by atoms with Gasteiger partial charge in [0.05, 0.1) is 12.0 Å². The van der Waals surface area contributed by atoms with Crippen LogP contribution in [0.2, 0.25) is 0 Å². The van der Waals surface area contributed by atoms with Gasteiger partial charge in [-0.15, -0.1) is 0 Å². The normalized spacial score (nSPS) is 26.5. The van der Waals surface area contributed by atoms with Crippen LogP contribution in [0.25, 0.3) is 0 Å². The molecule has 3 atom stereocenters. The molecular formula is C18H22N2O4. The molecule has 2 aliphatic heterocycles. The molecule has 24 heavy (non-hydrogen) atoms. The second-order valence-corrected chi connectivity index (χ2v) is 7.41. The summed E-state index contributed by atoms with van der Waals surface area (Å²) in [5, 5.41) is 4.19. The molecule has 0 saturated carbocycles. The molecule has 0 radical (unpaired) electrons. The predicted octanol–water partition coefficient (Wildman–Crippen LogP) is 3.50. The topological polar surface area (TPSA) is 66.6 Å². The molecule has 1 saturated heterocycles. The summed E-state index contributed by atoms with van der Waals surface area (Å²) in [4.78, 5) is 4.59. The van der Waals surface area contributed by atoms with Crippen LogP contribution >= 0.6 is 0 Å². The SMILES string of the molecule is CC(C)(C)[C@@H]1OCC[C@H]1c1noc(C2COc3ccccc3O2)n1. The minimum atomic E-state index is -0.378. The minimum Gasteiger partial charge on any atom is -0.485 e. The predicted molar refractivity (Wildman–Crippen MR) is 86.2 cm³/mol. The molecule has 2 aromatic rings. The van der Waals surface area contributed by atoms with Gasteiger partial charge in [-0.05, 0) is 24.0 Å². The maximum absolute atomic E-state index is 5.94. The van der Waals surface area contributed by atoms with Gasteiger partial charge >= 0.3 is 0 Å². The van der Waals surface area contributed by atoms with Crippen LogP contribution < -0.4 is 9.47 Å². The van der Waals surface area contributed by atoms with Gasteiger partial charge in [-0.25, -0.2) is 0 Å². The fourth-order valence-corrected chi connectivity index (χ4v) is 3.38. The van der Waals surface area contributed by atoms with Gasteiger partial charge in [0.15, 0.2) is 17.3 Å². The Bertz CT molecular complexity index is 722. The number of benzene rings is 1. The summed E-state index contributed by atoms with van der Waals surface area (Å²) >= 11 is 0. The summed E-state index contributed by atoms with van der Waals surface area (Å²) in [5.41, 5.74) is 0.0331. The number of hydrogen-bond acceptors (Lipinski definition) is 6. The Morgan fingerprint density at radius 3 is 2.71 bits per heavy atom. The van der Waals surface area contributed by atoms with Gasteiger partial charge in [-0.1, -0.05) is 38.1 Å². The number of fused-ring (bicyclic) bond motifs is 1. The average molecular weight is 330 g/mol. The number of rotatable bonds is 2. The molecule has 4 rings (SSSR count). The Balaban J connectivity index is 1.54. The molecule has 0 N–H and O–H groups in total. The van der Waals surface area contributed by atoms with Crippen LogP contribution in [-0.2, 0) is 4.74 Å². The van der Waals surface area contributed by atoms with Crippen molar-refractivity contribution in [3.63, 3.8) is 0 Å². The molecule has 1 aromatic heterocycles. The summed E-state index contributed by atoms with van der Waals surface area (Å²) in [7, 11) is 0. The summed E-state index contributed by atoms with van der Waals surface area (Å²) in [6.07, 6.45) is 0.620. The van der Waals surface area contributed by atoms with Crippen LogP contribution in [0.5, 0.6) is 11.5 Å². The maximum atomic E-state index is 5.94. The van der Waals surface area contributed by atoms with Crippen LogP contribution in [0.3, 0.4) is 0 Å². The van der Waals surface area contributed by atoms with Crippen LogP contribution in [0, 0.1) is 5.41 Å². The molecule has 2 aliphatic rings. The van der Waals surface area contributed by atoms with Crippen molar-refractivity contribution in [2.45, 2.75) is 45.3 Å². The Kier molecular flexibility index (Phi) is 3.72. The Morgan fingerprint density at radius 1 is 1.12 bits per heavy atom. The number of nitrogens with zero attached hydrogens (tertiary/aromatic N) is 2. The highest BCUT2D eigenvalue weighted by atomic mass is 16.6.